The number of nitrogens with two attached hydrogens (primary N) is 1. The standard InChI is InChI=1S/C15H16BrClN2/c16-14-7-3-1-5-11(14)9-13(19-18)10-12-6-2-4-8-15(12)17/h1-8,13,19H,9-10,18H2. The van der Waals surface area contributed by atoms with Gasteiger partial charge in [0.15, 0.2) is 0 Å². The molecule has 0 heterocycles. The Hall–Kier alpha value is -0.870. The van der Waals surface area contributed by atoms with Crippen LogP contribution in [0.5, 0.6) is 0 Å². The van der Waals surface area contributed by atoms with Gasteiger partial charge in [-0.25, -0.2) is 0 Å². The fourth-order valence-electron chi connectivity index (χ4n) is 2.05. The molecule has 0 fully saturated rings. The normalized spacial score (nSPS) is 12.4. The molecule has 0 aliphatic heterocycles. The fourth-order valence-corrected chi connectivity index (χ4v) is 2.71. The summed E-state index contributed by atoms with van der Waals surface area (Å²) in [6.07, 6.45) is 1.65. The number of hydrogen-bond donors (Lipinski definition) is 2. The van der Waals surface area contributed by atoms with E-state index in [0.29, 0.717) is 0 Å². The van der Waals surface area contributed by atoms with E-state index in [-0.39, 0.29) is 6.04 Å². The maximum absolute atomic E-state index is 6.18. The number of halogens is 2. The average Bonchev–Trinajstić information content (AvgIpc) is 2.42. The van der Waals surface area contributed by atoms with Gasteiger partial charge in [-0.05, 0) is 36.1 Å². The molecule has 3 N–H and O–H groups in total. The Kier molecular flexibility index (Phi) is 5.40. The Morgan fingerprint density at radius 2 is 1.58 bits per heavy atom. The SMILES string of the molecule is NNC(Cc1ccccc1Cl)Cc1ccccc1Br. The zero-order chi connectivity index (χ0) is 13.7. The van der Waals surface area contributed by atoms with Crippen molar-refractivity contribution in [3.8, 4) is 0 Å². The largest absolute Gasteiger partial charge is 0.271 e. The molecule has 0 saturated carbocycles. The van der Waals surface area contributed by atoms with Gasteiger partial charge in [0.1, 0.15) is 0 Å². The average molecular weight is 340 g/mol. The number of hydrogen-bond acceptors (Lipinski definition) is 2. The predicted molar refractivity (Wildman–Crippen MR) is 84.1 cm³/mol. The smallest absolute Gasteiger partial charge is 0.0438 e. The topological polar surface area (TPSA) is 38.0 Å². The second kappa shape index (κ2) is 7.06. The van der Waals surface area contributed by atoms with Crippen molar-refractivity contribution >= 4 is 27.5 Å². The lowest BCUT2D eigenvalue weighted by Gasteiger charge is -2.17. The molecule has 100 valence electrons. The third kappa shape index (κ3) is 4.05. The molecule has 0 amide bonds. The maximum atomic E-state index is 6.18. The van der Waals surface area contributed by atoms with Crippen LogP contribution in [-0.4, -0.2) is 6.04 Å². The van der Waals surface area contributed by atoms with Crippen LogP contribution in [0.1, 0.15) is 11.1 Å². The third-order valence-corrected chi connectivity index (χ3v) is 4.23. The Morgan fingerprint density at radius 3 is 2.21 bits per heavy atom. The summed E-state index contributed by atoms with van der Waals surface area (Å²) in [6.45, 7) is 0. The molecule has 4 heteroatoms. The summed E-state index contributed by atoms with van der Waals surface area (Å²) < 4.78 is 1.11. The molecule has 0 spiro atoms. The van der Waals surface area contributed by atoms with E-state index in [1.54, 1.807) is 0 Å². The van der Waals surface area contributed by atoms with E-state index in [1.807, 2.05) is 42.5 Å². The molecular formula is C15H16BrClN2. The molecule has 2 nitrogen and oxygen atoms in total. The molecule has 0 aliphatic rings. The maximum Gasteiger partial charge on any atom is 0.0438 e. The van der Waals surface area contributed by atoms with Gasteiger partial charge >= 0.3 is 0 Å². The van der Waals surface area contributed by atoms with E-state index in [2.05, 4.69) is 27.4 Å². The Labute approximate surface area is 127 Å². The predicted octanol–water partition coefficient (Wildman–Crippen LogP) is 3.72. The second-order valence-corrected chi connectivity index (χ2v) is 5.72. The number of hydrazine groups is 1. The second-order valence-electron chi connectivity index (χ2n) is 4.45. The van der Waals surface area contributed by atoms with Gasteiger partial charge in [-0.15, -0.1) is 0 Å². The van der Waals surface area contributed by atoms with E-state index in [0.717, 1.165) is 27.9 Å². The van der Waals surface area contributed by atoms with Crippen LogP contribution in [0, 0.1) is 0 Å². The molecule has 0 aromatic heterocycles. The first-order valence-electron chi connectivity index (χ1n) is 6.13. The number of nitrogens with one attached hydrogen (secondary N) is 1. The highest BCUT2D eigenvalue weighted by Crippen LogP contribution is 2.21. The highest BCUT2D eigenvalue weighted by Gasteiger charge is 2.12. The molecular weight excluding hydrogens is 324 g/mol. The summed E-state index contributed by atoms with van der Waals surface area (Å²) in [5.41, 5.74) is 5.22. The molecule has 1 unspecified atom stereocenters. The fraction of sp³-hybridized carbons (Fsp3) is 0.200. The van der Waals surface area contributed by atoms with Gasteiger partial charge in [0, 0.05) is 15.5 Å². The molecule has 0 aliphatic carbocycles. The quantitative estimate of drug-likeness (QED) is 0.643. The van der Waals surface area contributed by atoms with Crippen molar-refractivity contribution in [1.82, 2.24) is 5.43 Å². The van der Waals surface area contributed by atoms with Crippen LogP contribution in [0.2, 0.25) is 5.02 Å². The molecule has 1 atom stereocenters. The first-order chi connectivity index (χ1) is 9.20. The van der Waals surface area contributed by atoms with Crippen LogP contribution >= 0.6 is 27.5 Å². The highest BCUT2D eigenvalue weighted by molar-refractivity contribution is 9.10. The lowest BCUT2D eigenvalue weighted by Crippen LogP contribution is -2.38. The van der Waals surface area contributed by atoms with E-state index in [9.17, 15) is 0 Å². The van der Waals surface area contributed by atoms with Gasteiger partial charge in [0.25, 0.3) is 0 Å². The minimum atomic E-state index is 0.151. The van der Waals surface area contributed by atoms with Crippen LogP contribution in [0.25, 0.3) is 0 Å². The molecule has 0 bridgehead atoms. The number of rotatable bonds is 5. The van der Waals surface area contributed by atoms with Crippen molar-refractivity contribution in [3.63, 3.8) is 0 Å². The molecule has 2 aromatic rings. The summed E-state index contributed by atoms with van der Waals surface area (Å²) in [5, 5.41) is 0.787. The van der Waals surface area contributed by atoms with Gasteiger partial charge in [-0.2, -0.15) is 0 Å². The number of benzene rings is 2. The summed E-state index contributed by atoms with van der Waals surface area (Å²) in [4.78, 5) is 0. The summed E-state index contributed by atoms with van der Waals surface area (Å²) >= 11 is 9.74. The van der Waals surface area contributed by atoms with Crippen LogP contribution in [-0.2, 0) is 12.8 Å². The summed E-state index contributed by atoms with van der Waals surface area (Å²) in [7, 11) is 0. The van der Waals surface area contributed by atoms with Crippen LogP contribution < -0.4 is 11.3 Å². The lowest BCUT2D eigenvalue weighted by molar-refractivity contribution is 0.522. The van der Waals surface area contributed by atoms with Crippen LogP contribution in [0.4, 0.5) is 0 Å². The van der Waals surface area contributed by atoms with Crippen molar-refractivity contribution in [3.05, 3.63) is 69.2 Å². The first-order valence-corrected chi connectivity index (χ1v) is 7.30. The molecule has 0 saturated heterocycles. The van der Waals surface area contributed by atoms with Crippen LogP contribution in [0.15, 0.2) is 53.0 Å². The Morgan fingerprint density at radius 1 is 1.00 bits per heavy atom. The molecule has 2 rings (SSSR count). The molecule has 19 heavy (non-hydrogen) atoms. The first kappa shape index (κ1) is 14.5. The Bertz CT molecular complexity index is 498. The van der Waals surface area contributed by atoms with Gasteiger partial charge in [0.05, 0.1) is 0 Å². The van der Waals surface area contributed by atoms with E-state index in [1.165, 1.54) is 5.56 Å². The highest BCUT2D eigenvalue weighted by atomic mass is 79.9. The minimum absolute atomic E-state index is 0.151. The molecule has 2 aromatic carbocycles. The Balaban J connectivity index is 2.09. The monoisotopic (exact) mass is 338 g/mol. The van der Waals surface area contributed by atoms with Gasteiger partial charge in [0.2, 0.25) is 0 Å². The van der Waals surface area contributed by atoms with Crippen molar-refractivity contribution in [1.29, 1.82) is 0 Å². The summed E-state index contributed by atoms with van der Waals surface area (Å²) in [6, 6.07) is 16.2. The van der Waals surface area contributed by atoms with Gasteiger partial charge < -0.3 is 0 Å². The van der Waals surface area contributed by atoms with E-state index >= 15 is 0 Å². The van der Waals surface area contributed by atoms with Crippen LogP contribution in [0.3, 0.4) is 0 Å². The van der Waals surface area contributed by atoms with E-state index in [4.69, 9.17) is 17.4 Å². The van der Waals surface area contributed by atoms with Crippen molar-refractivity contribution < 1.29 is 0 Å². The zero-order valence-electron chi connectivity index (χ0n) is 10.4. The summed E-state index contributed by atoms with van der Waals surface area (Å²) in [5.74, 6) is 5.66. The van der Waals surface area contributed by atoms with Crippen molar-refractivity contribution in [2.75, 3.05) is 0 Å². The third-order valence-electron chi connectivity index (χ3n) is 3.08. The van der Waals surface area contributed by atoms with Gasteiger partial charge in [-0.1, -0.05) is 63.9 Å². The van der Waals surface area contributed by atoms with E-state index < -0.39 is 0 Å². The zero-order valence-corrected chi connectivity index (χ0v) is 12.8. The minimum Gasteiger partial charge on any atom is -0.271 e. The lowest BCUT2D eigenvalue weighted by atomic mass is 9.99. The van der Waals surface area contributed by atoms with Crippen molar-refractivity contribution in [2.24, 2.45) is 5.84 Å². The molecule has 0 radical (unpaired) electrons. The van der Waals surface area contributed by atoms with Crippen molar-refractivity contribution in [2.45, 2.75) is 18.9 Å². The van der Waals surface area contributed by atoms with Gasteiger partial charge in [-0.3, -0.25) is 11.3 Å².